The molecule has 4 nitrogen and oxygen atoms in total. The number of benzene rings is 1. The summed E-state index contributed by atoms with van der Waals surface area (Å²) in [7, 11) is 1.89. The molecule has 0 bridgehead atoms. The zero-order valence-electron chi connectivity index (χ0n) is 10.1. The molecule has 2 rings (SSSR count). The fraction of sp³-hybridized carbons (Fsp3) is 0.231. The molecule has 0 spiro atoms. The van der Waals surface area contributed by atoms with Crippen LogP contribution in [-0.4, -0.2) is 21.3 Å². The lowest BCUT2D eigenvalue weighted by Gasteiger charge is -2.01. The van der Waals surface area contributed by atoms with Crippen LogP contribution in [0.25, 0.3) is 0 Å². The summed E-state index contributed by atoms with van der Waals surface area (Å²) in [6, 6.07) is 8.15. The van der Waals surface area contributed by atoms with Crippen LogP contribution >= 0.6 is 11.8 Å². The van der Waals surface area contributed by atoms with Crippen LogP contribution < -0.4 is 5.73 Å². The SMILES string of the molecule is Cn1ncnc1SCc1cccc(C#CCN)c1. The number of thioether (sulfide) groups is 1. The molecule has 1 heterocycles. The molecule has 92 valence electrons. The Morgan fingerprint density at radius 3 is 3.06 bits per heavy atom. The molecule has 2 N–H and O–H groups in total. The largest absolute Gasteiger partial charge is 0.320 e. The molecule has 0 fully saturated rings. The van der Waals surface area contributed by atoms with E-state index < -0.39 is 0 Å². The predicted molar refractivity (Wildman–Crippen MR) is 72.9 cm³/mol. The Labute approximate surface area is 111 Å². The lowest BCUT2D eigenvalue weighted by Crippen LogP contribution is -1.94. The molecule has 2 aromatic rings. The summed E-state index contributed by atoms with van der Waals surface area (Å²) in [5.41, 5.74) is 7.57. The van der Waals surface area contributed by atoms with E-state index in [0.717, 1.165) is 16.5 Å². The Morgan fingerprint density at radius 2 is 2.33 bits per heavy atom. The topological polar surface area (TPSA) is 56.7 Å². The molecule has 0 unspecified atom stereocenters. The van der Waals surface area contributed by atoms with Gasteiger partial charge in [-0.05, 0) is 17.7 Å². The average Bonchev–Trinajstić information content (AvgIpc) is 2.80. The number of hydrogen-bond acceptors (Lipinski definition) is 4. The van der Waals surface area contributed by atoms with E-state index in [1.807, 2.05) is 19.2 Å². The summed E-state index contributed by atoms with van der Waals surface area (Å²) < 4.78 is 1.77. The summed E-state index contributed by atoms with van der Waals surface area (Å²) in [6.45, 7) is 0.387. The monoisotopic (exact) mass is 258 g/mol. The first-order valence-corrected chi connectivity index (χ1v) is 6.53. The van der Waals surface area contributed by atoms with E-state index in [2.05, 4.69) is 34.1 Å². The third-order valence-electron chi connectivity index (χ3n) is 2.30. The lowest BCUT2D eigenvalue weighted by atomic mass is 10.1. The van der Waals surface area contributed by atoms with Gasteiger partial charge in [-0.1, -0.05) is 35.7 Å². The molecular formula is C13H14N4S. The van der Waals surface area contributed by atoms with Crippen molar-refractivity contribution in [2.75, 3.05) is 6.54 Å². The van der Waals surface area contributed by atoms with Crippen molar-refractivity contribution in [1.82, 2.24) is 14.8 Å². The first kappa shape index (κ1) is 12.7. The number of aryl methyl sites for hydroxylation is 1. The van der Waals surface area contributed by atoms with Crippen molar-refractivity contribution in [3.8, 4) is 11.8 Å². The van der Waals surface area contributed by atoms with Gasteiger partial charge in [0.25, 0.3) is 0 Å². The minimum absolute atomic E-state index is 0.387. The van der Waals surface area contributed by atoms with E-state index in [1.54, 1.807) is 22.8 Å². The van der Waals surface area contributed by atoms with Gasteiger partial charge >= 0.3 is 0 Å². The Hall–Kier alpha value is -1.77. The molecule has 0 radical (unpaired) electrons. The van der Waals surface area contributed by atoms with Gasteiger partial charge in [-0.15, -0.1) is 0 Å². The molecule has 0 atom stereocenters. The lowest BCUT2D eigenvalue weighted by molar-refractivity contribution is 0.685. The van der Waals surface area contributed by atoms with Crippen LogP contribution in [0.3, 0.4) is 0 Å². The highest BCUT2D eigenvalue weighted by molar-refractivity contribution is 7.98. The maximum Gasteiger partial charge on any atom is 0.186 e. The normalized spacial score (nSPS) is 9.89. The molecule has 0 saturated carbocycles. The summed E-state index contributed by atoms with van der Waals surface area (Å²) >= 11 is 1.66. The maximum atomic E-state index is 5.36. The van der Waals surface area contributed by atoms with E-state index in [9.17, 15) is 0 Å². The number of aromatic nitrogens is 3. The summed E-state index contributed by atoms with van der Waals surface area (Å²) in [6.07, 6.45) is 1.56. The molecule has 1 aromatic carbocycles. The van der Waals surface area contributed by atoms with Crippen molar-refractivity contribution >= 4 is 11.8 Å². The van der Waals surface area contributed by atoms with Crippen LogP contribution in [0, 0.1) is 11.8 Å². The molecular weight excluding hydrogens is 244 g/mol. The quantitative estimate of drug-likeness (QED) is 0.668. The highest BCUT2D eigenvalue weighted by Gasteiger charge is 2.02. The minimum Gasteiger partial charge on any atom is -0.320 e. The van der Waals surface area contributed by atoms with Gasteiger partial charge in [-0.25, -0.2) is 9.67 Å². The molecule has 0 aliphatic carbocycles. The Kier molecular flexibility index (Phi) is 4.40. The van der Waals surface area contributed by atoms with Gasteiger partial charge in [-0.2, -0.15) is 5.10 Å². The zero-order chi connectivity index (χ0) is 12.8. The van der Waals surface area contributed by atoms with Gasteiger partial charge in [0.15, 0.2) is 5.16 Å². The van der Waals surface area contributed by atoms with E-state index in [-0.39, 0.29) is 0 Å². The van der Waals surface area contributed by atoms with Gasteiger partial charge in [0.2, 0.25) is 0 Å². The van der Waals surface area contributed by atoms with Crippen molar-refractivity contribution in [3.05, 3.63) is 41.7 Å². The summed E-state index contributed by atoms with van der Waals surface area (Å²) in [5.74, 6) is 6.74. The predicted octanol–water partition coefficient (Wildman–Crippen LogP) is 1.42. The van der Waals surface area contributed by atoms with Gasteiger partial charge in [-0.3, -0.25) is 0 Å². The maximum absolute atomic E-state index is 5.36. The van der Waals surface area contributed by atoms with Crippen LogP contribution in [0.2, 0.25) is 0 Å². The minimum atomic E-state index is 0.387. The number of rotatable bonds is 3. The molecule has 0 saturated heterocycles. The van der Waals surface area contributed by atoms with Gasteiger partial charge < -0.3 is 5.73 Å². The second kappa shape index (κ2) is 6.24. The van der Waals surface area contributed by atoms with Crippen molar-refractivity contribution in [1.29, 1.82) is 0 Å². The highest BCUT2D eigenvalue weighted by atomic mass is 32.2. The number of nitrogens with zero attached hydrogens (tertiary/aromatic N) is 3. The van der Waals surface area contributed by atoms with Crippen LogP contribution in [0.5, 0.6) is 0 Å². The molecule has 0 aliphatic heterocycles. The van der Waals surface area contributed by atoms with E-state index in [0.29, 0.717) is 6.54 Å². The smallest absolute Gasteiger partial charge is 0.186 e. The highest BCUT2D eigenvalue weighted by Crippen LogP contribution is 2.20. The number of hydrogen-bond donors (Lipinski definition) is 1. The van der Waals surface area contributed by atoms with Gasteiger partial charge in [0, 0.05) is 18.4 Å². The van der Waals surface area contributed by atoms with Gasteiger partial charge in [0.05, 0.1) is 6.54 Å². The fourth-order valence-electron chi connectivity index (χ4n) is 1.46. The standard InChI is InChI=1S/C13H14N4S/c1-17-13(15-10-16-17)18-9-12-5-2-4-11(8-12)6-3-7-14/h2,4-5,8,10H,7,9,14H2,1H3. The van der Waals surface area contributed by atoms with Crippen molar-refractivity contribution in [2.45, 2.75) is 10.9 Å². The Balaban J connectivity index is 2.03. The van der Waals surface area contributed by atoms with E-state index >= 15 is 0 Å². The van der Waals surface area contributed by atoms with Gasteiger partial charge in [0.1, 0.15) is 6.33 Å². The second-order valence-corrected chi connectivity index (χ2v) is 4.60. The molecule has 5 heteroatoms. The average molecular weight is 258 g/mol. The number of nitrogens with two attached hydrogens (primary N) is 1. The Bertz CT molecular complexity index is 580. The molecule has 18 heavy (non-hydrogen) atoms. The fourth-order valence-corrected chi connectivity index (χ4v) is 2.29. The Morgan fingerprint density at radius 1 is 1.44 bits per heavy atom. The summed E-state index contributed by atoms with van der Waals surface area (Å²) in [4.78, 5) is 4.17. The zero-order valence-corrected chi connectivity index (χ0v) is 10.9. The van der Waals surface area contributed by atoms with E-state index in [1.165, 1.54) is 5.56 Å². The third kappa shape index (κ3) is 3.36. The first-order valence-electron chi connectivity index (χ1n) is 5.54. The first-order chi connectivity index (χ1) is 8.79. The van der Waals surface area contributed by atoms with Crippen LogP contribution in [0.4, 0.5) is 0 Å². The van der Waals surface area contributed by atoms with Crippen molar-refractivity contribution in [3.63, 3.8) is 0 Å². The molecule has 0 amide bonds. The summed E-state index contributed by atoms with van der Waals surface area (Å²) in [5, 5.41) is 4.95. The molecule has 1 aromatic heterocycles. The van der Waals surface area contributed by atoms with E-state index in [4.69, 9.17) is 5.73 Å². The van der Waals surface area contributed by atoms with Crippen LogP contribution in [0.15, 0.2) is 35.7 Å². The second-order valence-electron chi connectivity index (χ2n) is 3.66. The third-order valence-corrected chi connectivity index (χ3v) is 3.41. The van der Waals surface area contributed by atoms with Crippen LogP contribution in [0.1, 0.15) is 11.1 Å². The van der Waals surface area contributed by atoms with Crippen molar-refractivity contribution < 1.29 is 0 Å². The van der Waals surface area contributed by atoms with Crippen LogP contribution in [-0.2, 0) is 12.8 Å². The van der Waals surface area contributed by atoms with Crippen molar-refractivity contribution in [2.24, 2.45) is 12.8 Å². The molecule has 0 aliphatic rings.